The Kier molecular flexibility index (Phi) is 3.27. The fourth-order valence-electron chi connectivity index (χ4n) is 2.14. The summed E-state index contributed by atoms with van der Waals surface area (Å²) in [6.07, 6.45) is 4.83. The molecule has 2 N–H and O–H groups in total. The molecule has 0 amide bonds. The molecular weight excluding hydrogens is 186 g/mol. The van der Waals surface area contributed by atoms with Crippen LogP contribution in [0.5, 0.6) is 5.75 Å². The molecule has 0 bridgehead atoms. The SMILES string of the molecule is CCCCC1C[C@@H](N)c2ccccc2O1. The summed E-state index contributed by atoms with van der Waals surface area (Å²) < 4.78 is 5.92. The van der Waals surface area contributed by atoms with E-state index in [0.717, 1.165) is 24.2 Å². The average Bonchev–Trinajstić information content (AvgIpc) is 2.26. The molecule has 2 heteroatoms. The summed E-state index contributed by atoms with van der Waals surface area (Å²) in [6, 6.07) is 8.27. The zero-order valence-corrected chi connectivity index (χ0v) is 9.28. The molecule has 1 aliphatic heterocycles. The highest BCUT2D eigenvalue weighted by Gasteiger charge is 2.24. The predicted molar refractivity (Wildman–Crippen MR) is 61.9 cm³/mol. The monoisotopic (exact) mass is 205 g/mol. The quantitative estimate of drug-likeness (QED) is 0.823. The number of rotatable bonds is 3. The second-order valence-electron chi connectivity index (χ2n) is 4.26. The summed E-state index contributed by atoms with van der Waals surface area (Å²) >= 11 is 0. The topological polar surface area (TPSA) is 35.2 Å². The molecule has 0 radical (unpaired) electrons. The van der Waals surface area contributed by atoms with Crippen molar-refractivity contribution in [1.29, 1.82) is 0 Å². The second-order valence-corrected chi connectivity index (χ2v) is 4.26. The summed E-state index contributed by atoms with van der Waals surface area (Å²) in [7, 11) is 0. The van der Waals surface area contributed by atoms with Crippen molar-refractivity contribution >= 4 is 0 Å². The van der Waals surface area contributed by atoms with Crippen LogP contribution in [0.3, 0.4) is 0 Å². The molecule has 0 saturated heterocycles. The van der Waals surface area contributed by atoms with Crippen molar-refractivity contribution in [2.75, 3.05) is 0 Å². The first kappa shape index (κ1) is 10.5. The molecule has 2 atom stereocenters. The largest absolute Gasteiger partial charge is 0.490 e. The van der Waals surface area contributed by atoms with Gasteiger partial charge in [0, 0.05) is 18.0 Å². The van der Waals surface area contributed by atoms with Crippen molar-refractivity contribution in [2.24, 2.45) is 5.73 Å². The number of fused-ring (bicyclic) bond motifs is 1. The van der Waals surface area contributed by atoms with Gasteiger partial charge in [-0.05, 0) is 12.5 Å². The Bertz CT molecular complexity index is 324. The van der Waals surface area contributed by atoms with Crippen LogP contribution in [-0.4, -0.2) is 6.10 Å². The zero-order chi connectivity index (χ0) is 10.7. The smallest absolute Gasteiger partial charge is 0.124 e. The lowest BCUT2D eigenvalue weighted by Gasteiger charge is -2.30. The van der Waals surface area contributed by atoms with Gasteiger partial charge in [-0.15, -0.1) is 0 Å². The second kappa shape index (κ2) is 4.67. The van der Waals surface area contributed by atoms with E-state index in [2.05, 4.69) is 13.0 Å². The number of unbranched alkanes of at least 4 members (excludes halogenated alkanes) is 1. The van der Waals surface area contributed by atoms with E-state index >= 15 is 0 Å². The molecular formula is C13H19NO. The van der Waals surface area contributed by atoms with Crippen LogP contribution in [0, 0.1) is 0 Å². The van der Waals surface area contributed by atoms with Gasteiger partial charge < -0.3 is 10.5 Å². The first-order chi connectivity index (χ1) is 7.31. The minimum absolute atomic E-state index is 0.150. The Balaban J connectivity index is 2.08. The van der Waals surface area contributed by atoms with E-state index in [-0.39, 0.29) is 6.04 Å². The van der Waals surface area contributed by atoms with E-state index in [1.54, 1.807) is 0 Å². The van der Waals surface area contributed by atoms with Crippen LogP contribution in [0.1, 0.15) is 44.2 Å². The van der Waals surface area contributed by atoms with Gasteiger partial charge in [0.2, 0.25) is 0 Å². The van der Waals surface area contributed by atoms with Gasteiger partial charge in [0.15, 0.2) is 0 Å². The first-order valence-corrected chi connectivity index (χ1v) is 5.82. The molecule has 1 aliphatic rings. The van der Waals surface area contributed by atoms with Gasteiger partial charge in [-0.1, -0.05) is 38.0 Å². The van der Waals surface area contributed by atoms with Crippen LogP contribution in [0.15, 0.2) is 24.3 Å². The van der Waals surface area contributed by atoms with Crippen molar-refractivity contribution in [1.82, 2.24) is 0 Å². The fourth-order valence-corrected chi connectivity index (χ4v) is 2.14. The molecule has 15 heavy (non-hydrogen) atoms. The lowest BCUT2D eigenvalue weighted by atomic mass is 9.95. The maximum Gasteiger partial charge on any atom is 0.124 e. The third kappa shape index (κ3) is 2.32. The van der Waals surface area contributed by atoms with Gasteiger partial charge in [0.1, 0.15) is 11.9 Å². The van der Waals surface area contributed by atoms with E-state index in [9.17, 15) is 0 Å². The molecule has 82 valence electrons. The Morgan fingerprint density at radius 3 is 3.00 bits per heavy atom. The van der Waals surface area contributed by atoms with Gasteiger partial charge >= 0.3 is 0 Å². The van der Waals surface area contributed by atoms with E-state index in [4.69, 9.17) is 10.5 Å². The predicted octanol–water partition coefficient (Wildman–Crippen LogP) is 3.03. The van der Waals surface area contributed by atoms with Gasteiger partial charge in [-0.2, -0.15) is 0 Å². The molecule has 1 unspecified atom stereocenters. The molecule has 0 aliphatic carbocycles. The number of nitrogens with two attached hydrogens (primary N) is 1. The molecule has 2 nitrogen and oxygen atoms in total. The van der Waals surface area contributed by atoms with Gasteiger partial charge in [0.05, 0.1) is 0 Å². The lowest BCUT2D eigenvalue weighted by Crippen LogP contribution is -2.29. The third-order valence-electron chi connectivity index (χ3n) is 3.01. The third-order valence-corrected chi connectivity index (χ3v) is 3.01. The van der Waals surface area contributed by atoms with Crippen molar-refractivity contribution in [3.05, 3.63) is 29.8 Å². The van der Waals surface area contributed by atoms with Crippen LogP contribution in [0.25, 0.3) is 0 Å². The normalized spacial score (nSPS) is 24.4. The number of hydrogen-bond acceptors (Lipinski definition) is 2. The fraction of sp³-hybridized carbons (Fsp3) is 0.538. The zero-order valence-electron chi connectivity index (χ0n) is 9.28. The Morgan fingerprint density at radius 1 is 1.40 bits per heavy atom. The minimum Gasteiger partial charge on any atom is -0.490 e. The summed E-state index contributed by atoms with van der Waals surface area (Å²) in [5.74, 6) is 0.984. The van der Waals surface area contributed by atoms with Crippen LogP contribution in [0.4, 0.5) is 0 Å². The highest BCUT2D eigenvalue weighted by atomic mass is 16.5. The standard InChI is InChI=1S/C13H19NO/c1-2-3-6-10-9-12(14)11-7-4-5-8-13(11)15-10/h4-5,7-8,10,12H,2-3,6,9,14H2,1H3/t10?,12-/m1/s1. The van der Waals surface area contributed by atoms with E-state index in [1.165, 1.54) is 12.8 Å². The average molecular weight is 205 g/mol. The summed E-state index contributed by atoms with van der Waals surface area (Å²) in [5.41, 5.74) is 7.29. The van der Waals surface area contributed by atoms with E-state index in [1.807, 2.05) is 18.2 Å². The maximum atomic E-state index is 6.13. The molecule has 0 aromatic heterocycles. The molecule has 2 rings (SSSR count). The highest BCUT2D eigenvalue weighted by Crippen LogP contribution is 2.34. The first-order valence-electron chi connectivity index (χ1n) is 5.82. The summed E-state index contributed by atoms with van der Waals surface area (Å²) in [4.78, 5) is 0. The van der Waals surface area contributed by atoms with Crippen LogP contribution in [0.2, 0.25) is 0 Å². The Labute approximate surface area is 91.4 Å². The number of hydrogen-bond donors (Lipinski definition) is 1. The Morgan fingerprint density at radius 2 is 2.20 bits per heavy atom. The van der Waals surface area contributed by atoms with E-state index < -0.39 is 0 Å². The van der Waals surface area contributed by atoms with Crippen LogP contribution < -0.4 is 10.5 Å². The molecule has 1 aromatic rings. The molecule has 0 spiro atoms. The van der Waals surface area contributed by atoms with Gasteiger partial charge in [-0.3, -0.25) is 0 Å². The number of para-hydroxylation sites is 1. The molecule has 0 saturated carbocycles. The lowest BCUT2D eigenvalue weighted by molar-refractivity contribution is 0.147. The molecule has 1 aromatic carbocycles. The Hall–Kier alpha value is -1.02. The van der Waals surface area contributed by atoms with Crippen LogP contribution in [-0.2, 0) is 0 Å². The molecule has 0 fully saturated rings. The van der Waals surface area contributed by atoms with Crippen molar-refractivity contribution in [2.45, 2.75) is 44.8 Å². The highest BCUT2D eigenvalue weighted by molar-refractivity contribution is 5.37. The molecule has 1 heterocycles. The van der Waals surface area contributed by atoms with E-state index in [0.29, 0.717) is 6.10 Å². The van der Waals surface area contributed by atoms with Crippen LogP contribution >= 0.6 is 0 Å². The van der Waals surface area contributed by atoms with Crippen molar-refractivity contribution in [3.63, 3.8) is 0 Å². The van der Waals surface area contributed by atoms with Crippen molar-refractivity contribution < 1.29 is 4.74 Å². The minimum atomic E-state index is 0.150. The van der Waals surface area contributed by atoms with Gasteiger partial charge in [-0.25, -0.2) is 0 Å². The maximum absolute atomic E-state index is 6.13. The number of benzene rings is 1. The van der Waals surface area contributed by atoms with Gasteiger partial charge in [0.25, 0.3) is 0 Å². The van der Waals surface area contributed by atoms with Crippen molar-refractivity contribution in [3.8, 4) is 5.75 Å². The number of ether oxygens (including phenoxy) is 1. The summed E-state index contributed by atoms with van der Waals surface area (Å²) in [5, 5.41) is 0. The summed E-state index contributed by atoms with van der Waals surface area (Å²) in [6.45, 7) is 2.21.